The van der Waals surface area contributed by atoms with Crippen LogP contribution in [0.4, 0.5) is 0 Å². The van der Waals surface area contributed by atoms with Crippen molar-refractivity contribution in [2.24, 2.45) is 0 Å². The number of aliphatic hydroxyl groups is 2. The van der Waals surface area contributed by atoms with E-state index < -0.39 is 12.1 Å². The van der Waals surface area contributed by atoms with E-state index in [4.69, 9.17) is 21.4 Å². The Bertz CT molecular complexity index is 1630. The summed E-state index contributed by atoms with van der Waals surface area (Å²) in [6.45, 7) is -0.0281. The van der Waals surface area contributed by atoms with E-state index in [1.54, 1.807) is 36.4 Å². The maximum absolute atomic E-state index is 13.0. The molecule has 0 spiro atoms. The second kappa shape index (κ2) is 13.2. The molecule has 2 aromatic heterocycles. The first-order valence-electron chi connectivity index (χ1n) is 12.6. The number of benzene rings is 2. The van der Waals surface area contributed by atoms with Crippen molar-refractivity contribution in [2.45, 2.75) is 38.3 Å². The molecule has 2 aromatic carbocycles. The average molecular weight is 563 g/mol. The van der Waals surface area contributed by atoms with Gasteiger partial charge in [0.25, 0.3) is 5.56 Å². The average Bonchev–Trinajstić information content (AvgIpc) is 2.96. The summed E-state index contributed by atoms with van der Waals surface area (Å²) in [6, 6.07) is 12.1. The molecule has 11 heteroatoms. The molecule has 4 rings (SSSR count). The molecule has 1 unspecified atom stereocenters. The highest BCUT2D eigenvalue weighted by Crippen LogP contribution is 2.34. The summed E-state index contributed by atoms with van der Waals surface area (Å²) < 4.78 is 7.40. The first-order chi connectivity index (χ1) is 19.3. The Morgan fingerprint density at radius 1 is 1.18 bits per heavy atom. The zero-order valence-electron chi connectivity index (χ0n) is 21.5. The first-order valence-corrected chi connectivity index (χ1v) is 13.0. The normalized spacial score (nSPS) is 11.8. The van der Waals surface area contributed by atoms with Gasteiger partial charge in [-0.3, -0.25) is 14.3 Å². The minimum atomic E-state index is -1.04. The third-order valence-electron chi connectivity index (χ3n) is 6.48. The van der Waals surface area contributed by atoms with Gasteiger partial charge in [-0.2, -0.15) is 5.26 Å². The molecule has 3 N–H and O–H groups in total. The van der Waals surface area contributed by atoms with Gasteiger partial charge in [-0.25, -0.2) is 9.78 Å². The van der Waals surface area contributed by atoms with Crippen LogP contribution in [-0.4, -0.2) is 55.1 Å². The van der Waals surface area contributed by atoms with Gasteiger partial charge in [0.2, 0.25) is 0 Å². The number of aromatic nitrogens is 3. The zero-order chi connectivity index (χ0) is 28.6. The van der Waals surface area contributed by atoms with Gasteiger partial charge in [0.15, 0.2) is 0 Å². The first kappa shape index (κ1) is 28.7. The molecule has 0 aliphatic heterocycles. The van der Waals surface area contributed by atoms with Gasteiger partial charge < -0.3 is 20.1 Å². The largest absolute Gasteiger partial charge is 0.491 e. The maximum atomic E-state index is 13.0. The number of rotatable bonds is 12. The number of aryl methyl sites for hydroxylation is 1. The summed E-state index contributed by atoms with van der Waals surface area (Å²) >= 11 is 6.29. The van der Waals surface area contributed by atoms with Gasteiger partial charge in [0, 0.05) is 16.8 Å². The number of pyridine rings is 1. The SMILES string of the molecule is N#Cc1cncc2ncn(CCOc3ccc(Cl)cc3-c3ccc(C(=O)O)c(CCCCC(O)CO)c3)c(=O)c12. The molecule has 1 atom stereocenters. The smallest absolute Gasteiger partial charge is 0.335 e. The Morgan fingerprint density at radius 3 is 2.75 bits per heavy atom. The van der Waals surface area contributed by atoms with E-state index in [2.05, 4.69) is 9.97 Å². The Hall–Kier alpha value is -4.30. The van der Waals surface area contributed by atoms with Crippen LogP contribution in [-0.2, 0) is 13.0 Å². The minimum Gasteiger partial charge on any atom is -0.491 e. The van der Waals surface area contributed by atoms with E-state index in [1.807, 2.05) is 6.07 Å². The molecule has 0 aliphatic rings. The number of carboxylic acids is 1. The second-order valence-electron chi connectivity index (χ2n) is 9.18. The molecule has 40 heavy (non-hydrogen) atoms. The van der Waals surface area contributed by atoms with Gasteiger partial charge in [-0.15, -0.1) is 0 Å². The number of hydrogen-bond acceptors (Lipinski definition) is 8. The van der Waals surface area contributed by atoms with Crippen LogP contribution in [0.3, 0.4) is 0 Å². The number of nitrogens with zero attached hydrogens (tertiary/aromatic N) is 4. The summed E-state index contributed by atoms with van der Waals surface area (Å²) in [5.41, 5.74) is 2.30. The van der Waals surface area contributed by atoms with Crippen LogP contribution in [0, 0.1) is 11.3 Å². The van der Waals surface area contributed by atoms with Crippen LogP contribution in [0.2, 0.25) is 5.02 Å². The molecule has 0 amide bonds. The number of halogens is 1. The fourth-order valence-electron chi connectivity index (χ4n) is 4.42. The molecule has 4 aromatic rings. The molecular formula is C29H27ClN4O6. The zero-order valence-corrected chi connectivity index (χ0v) is 22.2. The quantitative estimate of drug-likeness (QED) is 0.218. The van der Waals surface area contributed by atoms with Gasteiger partial charge in [-0.1, -0.05) is 30.2 Å². The van der Waals surface area contributed by atoms with Crippen molar-refractivity contribution in [2.75, 3.05) is 13.2 Å². The Morgan fingerprint density at radius 2 is 2.00 bits per heavy atom. The number of fused-ring (bicyclic) bond motifs is 1. The fourth-order valence-corrected chi connectivity index (χ4v) is 4.59. The molecule has 0 radical (unpaired) electrons. The van der Waals surface area contributed by atoms with Crippen LogP contribution in [0.15, 0.2) is 59.9 Å². The van der Waals surface area contributed by atoms with E-state index >= 15 is 0 Å². The molecule has 0 saturated carbocycles. The van der Waals surface area contributed by atoms with E-state index in [0.717, 1.165) is 0 Å². The van der Waals surface area contributed by atoms with Gasteiger partial charge in [0.1, 0.15) is 18.4 Å². The van der Waals surface area contributed by atoms with Crippen LogP contribution in [0.5, 0.6) is 5.75 Å². The van der Waals surface area contributed by atoms with Gasteiger partial charge >= 0.3 is 5.97 Å². The van der Waals surface area contributed by atoms with Gasteiger partial charge in [0.05, 0.1) is 53.8 Å². The summed E-state index contributed by atoms with van der Waals surface area (Å²) in [6.07, 6.45) is 5.52. The van der Waals surface area contributed by atoms with Crippen molar-refractivity contribution >= 4 is 28.5 Å². The molecule has 10 nitrogen and oxygen atoms in total. The summed E-state index contributed by atoms with van der Waals surface area (Å²) in [5.74, 6) is -0.544. The lowest BCUT2D eigenvalue weighted by Gasteiger charge is -2.15. The van der Waals surface area contributed by atoms with E-state index in [-0.39, 0.29) is 41.8 Å². The predicted octanol–water partition coefficient (Wildman–Crippen LogP) is 3.83. The van der Waals surface area contributed by atoms with E-state index in [1.165, 1.54) is 23.3 Å². The maximum Gasteiger partial charge on any atom is 0.335 e. The summed E-state index contributed by atoms with van der Waals surface area (Å²) in [7, 11) is 0. The fraction of sp³-hybridized carbons (Fsp3) is 0.276. The van der Waals surface area contributed by atoms with Crippen LogP contribution < -0.4 is 10.3 Å². The number of nitriles is 1. The Balaban J connectivity index is 1.55. The second-order valence-corrected chi connectivity index (χ2v) is 9.62. The number of unbranched alkanes of at least 4 members (excludes halogenated alkanes) is 1. The molecule has 2 heterocycles. The highest BCUT2D eigenvalue weighted by Gasteiger charge is 2.15. The molecular weight excluding hydrogens is 536 g/mol. The van der Waals surface area contributed by atoms with Crippen LogP contribution in [0.25, 0.3) is 22.0 Å². The van der Waals surface area contributed by atoms with Crippen molar-refractivity contribution in [1.82, 2.24) is 14.5 Å². The number of carbonyl (C=O) groups is 1. The molecule has 0 bridgehead atoms. The van der Waals surface area contributed by atoms with Crippen LogP contribution in [0.1, 0.15) is 40.7 Å². The molecule has 206 valence electrons. The number of hydrogen-bond donors (Lipinski definition) is 3. The lowest BCUT2D eigenvalue weighted by Crippen LogP contribution is -2.24. The lowest BCUT2D eigenvalue weighted by molar-refractivity contribution is 0.0695. The van der Waals surface area contributed by atoms with Crippen molar-refractivity contribution < 1.29 is 24.9 Å². The Kier molecular flexibility index (Phi) is 9.45. The van der Waals surface area contributed by atoms with Crippen molar-refractivity contribution in [1.29, 1.82) is 5.26 Å². The monoisotopic (exact) mass is 562 g/mol. The highest BCUT2D eigenvalue weighted by atomic mass is 35.5. The van der Waals surface area contributed by atoms with Crippen molar-refractivity contribution in [3.8, 4) is 22.9 Å². The van der Waals surface area contributed by atoms with E-state index in [9.17, 15) is 25.1 Å². The number of carboxylic acid groups (broad SMARTS) is 1. The number of ether oxygens (including phenoxy) is 1. The van der Waals surface area contributed by atoms with Crippen molar-refractivity contribution in [3.05, 3.63) is 87.2 Å². The van der Waals surface area contributed by atoms with E-state index in [0.29, 0.717) is 58.7 Å². The highest BCUT2D eigenvalue weighted by molar-refractivity contribution is 6.31. The summed E-state index contributed by atoms with van der Waals surface area (Å²) in [4.78, 5) is 33.0. The topological polar surface area (TPSA) is 159 Å². The predicted molar refractivity (Wildman–Crippen MR) is 149 cm³/mol. The standard InChI is InChI=1S/C29H27ClN4O6/c30-21-6-8-26(40-10-9-34-17-33-25-15-32-14-20(13-31)27(25)28(34)37)24(12-21)19-5-7-23(29(38)39)18(11-19)3-1-2-4-22(36)16-35/h5-8,11-12,14-15,17,22,35-36H,1-4,9-10,16H2,(H,38,39). The summed E-state index contributed by atoms with van der Waals surface area (Å²) in [5, 5.41) is 38.3. The number of aliphatic hydroxyl groups excluding tert-OH is 2. The Labute approximate surface area is 234 Å². The lowest BCUT2D eigenvalue weighted by atomic mass is 9.95. The molecule has 0 saturated heterocycles. The van der Waals surface area contributed by atoms with Crippen LogP contribution >= 0.6 is 11.6 Å². The van der Waals surface area contributed by atoms with Crippen molar-refractivity contribution in [3.63, 3.8) is 0 Å². The molecule has 0 fully saturated rings. The number of aromatic carboxylic acids is 1. The third kappa shape index (κ3) is 6.63. The van der Waals surface area contributed by atoms with Gasteiger partial charge in [-0.05, 0) is 54.7 Å². The third-order valence-corrected chi connectivity index (χ3v) is 6.71. The minimum absolute atomic E-state index is 0.113. The molecule has 0 aliphatic carbocycles.